The second kappa shape index (κ2) is 10.4. The van der Waals surface area contributed by atoms with E-state index in [1.54, 1.807) is 0 Å². The Balaban J connectivity index is 0.000000227. The minimum Gasteiger partial charge on any atom is -0.383 e. The van der Waals surface area contributed by atoms with Gasteiger partial charge in [-0.2, -0.15) is 5.10 Å². The average Bonchev–Trinajstić information content (AvgIpc) is 3.03. The van der Waals surface area contributed by atoms with Crippen LogP contribution in [0.4, 0.5) is 5.82 Å². The largest absolute Gasteiger partial charge is 0.383 e. The van der Waals surface area contributed by atoms with Crippen molar-refractivity contribution in [3.05, 3.63) is 12.0 Å². The van der Waals surface area contributed by atoms with Gasteiger partial charge >= 0.3 is 0 Å². The molecule has 0 amide bonds. The summed E-state index contributed by atoms with van der Waals surface area (Å²) in [7, 11) is 2.15. The Hall–Kier alpha value is -1.73. The van der Waals surface area contributed by atoms with Gasteiger partial charge in [-0.3, -0.25) is 0 Å². The fourth-order valence-electron chi connectivity index (χ4n) is 3.53. The average molecular weight is 362 g/mol. The number of nitrogens with zero attached hydrogens (tertiary/aromatic N) is 5. The maximum Gasteiger partial charge on any atom is 0.163 e. The van der Waals surface area contributed by atoms with E-state index in [0.29, 0.717) is 11.9 Å². The Morgan fingerprint density at radius 2 is 1.73 bits per heavy atom. The molecule has 1 aliphatic carbocycles. The molecule has 0 spiro atoms. The van der Waals surface area contributed by atoms with Gasteiger partial charge in [-0.25, -0.2) is 14.6 Å². The van der Waals surface area contributed by atoms with Gasteiger partial charge in [0, 0.05) is 26.2 Å². The van der Waals surface area contributed by atoms with Crippen LogP contribution >= 0.6 is 0 Å². The molecule has 1 saturated carbocycles. The molecule has 3 heterocycles. The number of fused-ring (bicyclic) bond motifs is 1. The predicted octanol–water partition coefficient (Wildman–Crippen LogP) is 2.77. The van der Waals surface area contributed by atoms with E-state index < -0.39 is 0 Å². The molecule has 1 saturated heterocycles. The van der Waals surface area contributed by atoms with Gasteiger partial charge in [-0.05, 0) is 26.8 Å². The number of anilines is 1. The van der Waals surface area contributed by atoms with Crippen molar-refractivity contribution in [2.24, 2.45) is 0 Å². The SMILES string of the molecule is CC.CN1CCNCC1.Cc1nn(C2CCCCC2)c2ncnc(N)c12. The maximum absolute atomic E-state index is 5.90. The van der Waals surface area contributed by atoms with Crippen molar-refractivity contribution in [2.45, 2.75) is 58.9 Å². The summed E-state index contributed by atoms with van der Waals surface area (Å²) < 4.78 is 2.06. The van der Waals surface area contributed by atoms with Crippen LogP contribution in [0.1, 0.15) is 57.7 Å². The molecule has 2 aromatic heterocycles. The molecule has 2 aliphatic rings. The molecule has 3 N–H and O–H groups in total. The lowest BCUT2D eigenvalue weighted by molar-refractivity contribution is 0.291. The summed E-state index contributed by atoms with van der Waals surface area (Å²) in [6.45, 7) is 10.7. The van der Waals surface area contributed by atoms with Crippen molar-refractivity contribution in [2.75, 3.05) is 39.0 Å². The van der Waals surface area contributed by atoms with Gasteiger partial charge in [0.2, 0.25) is 0 Å². The molecule has 0 unspecified atom stereocenters. The zero-order valence-electron chi connectivity index (χ0n) is 16.8. The molecule has 26 heavy (non-hydrogen) atoms. The first kappa shape index (κ1) is 20.6. The van der Waals surface area contributed by atoms with Crippen LogP contribution in [-0.2, 0) is 0 Å². The number of aromatic nitrogens is 4. The van der Waals surface area contributed by atoms with Crippen LogP contribution < -0.4 is 11.1 Å². The topological polar surface area (TPSA) is 84.9 Å². The summed E-state index contributed by atoms with van der Waals surface area (Å²) in [6.07, 6.45) is 7.82. The standard InChI is InChI=1S/C12H17N5.C5H12N2.C2H6/c1-8-10-11(13)14-7-15-12(10)17(16-8)9-5-3-2-4-6-9;1-7-4-2-6-3-5-7;1-2/h7,9H,2-6H2,1H3,(H2,13,14,15);6H,2-5H2,1H3;1-2H3. The van der Waals surface area contributed by atoms with Crippen LogP contribution in [0.5, 0.6) is 0 Å². The van der Waals surface area contributed by atoms with Gasteiger partial charge in [0.05, 0.1) is 17.1 Å². The van der Waals surface area contributed by atoms with Gasteiger partial charge < -0.3 is 16.0 Å². The second-order valence-corrected chi connectivity index (χ2v) is 6.83. The van der Waals surface area contributed by atoms with E-state index in [1.165, 1.54) is 51.5 Å². The minimum atomic E-state index is 0.481. The summed E-state index contributed by atoms with van der Waals surface area (Å²) in [5.74, 6) is 0.537. The number of nitrogens with one attached hydrogen (secondary N) is 1. The molecule has 0 bridgehead atoms. The van der Waals surface area contributed by atoms with Crippen molar-refractivity contribution in [1.29, 1.82) is 0 Å². The normalized spacial score (nSPS) is 18.6. The van der Waals surface area contributed by atoms with E-state index in [4.69, 9.17) is 5.73 Å². The molecule has 4 rings (SSSR count). The number of aryl methyl sites for hydroxylation is 1. The number of nitrogen functional groups attached to an aromatic ring is 1. The van der Waals surface area contributed by atoms with Gasteiger partial charge in [0.1, 0.15) is 12.1 Å². The van der Waals surface area contributed by atoms with Crippen LogP contribution in [0.3, 0.4) is 0 Å². The number of hydrogen-bond acceptors (Lipinski definition) is 6. The Morgan fingerprint density at radius 3 is 2.31 bits per heavy atom. The van der Waals surface area contributed by atoms with Crippen LogP contribution in [0.15, 0.2) is 6.33 Å². The van der Waals surface area contributed by atoms with Crippen LogP contribution in [0, 0.1) is 6.92 Å². The highest BCUT2D eigenvalue weighted by molar-refractivity contribution is 5.87. The molecule has 146 valence electrons. The first-order chi connectivity index (χ1) is 12.7. The van der Waals surface area contributed by atoms with Gasteiger partial charge in [-0.1, -0.05) is 33.1 Å². The lowest BCUT2D eigenvalue weighted by Gasteiger charge is -2.22. The molecule has 7 nitrogen and oxygen atoms in total. The minimum absolute atomic E-state index is 0.481. The van der Waals surface area contributed by atoms with E-state index in [2.05, 4.69) is 37.0 Å². The lowest BCUT2D eigenvalue weighted by atomic mass is 9.96. The third kappa shape index (κ3) is 5.14. The molecule has 7 heteroatoms. The van der Waals surface area contributed by atoms with E-state index in [9.17, 15) is 0 Å². The van der Waals surface area contributed by atoms with Crippen molar-refractivity contribution in [1.82, 2.24) is 30.0 Å². The van der Waals surface area contributed by atoms with E-state index in [0.717, 1.165) is 29.8 Å². The number of piperazine rings is 1. The van der Waals surface area contributed by atoms with Gasteiger partial charge in [-0.15, -0.1) is 0 Å². The maximum atomic E-state index is 5.90. The summed E-state index contributed by atoms with van der Waals surface area (Å²) in [6, 6.07) is 0.481. The molecule has 0 aromatic carbocycles. The van der Waals surface area contributed by atoms with Gasteiger partial charge in [0.25, 0.3) is 0 Å². The first-order valence-corrected chi connectivity index (χ1v) is 10.0. The quantitative estimate of drug-likeness (QED) is 0.812. The third-order valence-electron chi connectivity index (χ3n) is 4.95. The molecular formula is C19H35N7. The highest BCUT2D eigenvalue weighted by Crippen LogP contribution is 2.31. The highest BCUT2D eigenvalue weighted by atomic mass is 15.3. The van der Waals surface area contributed by atoms with E-state index >= 15 is 0 Å². The van der Waals surface area contributed by atoms with Crippen molar-refractivity contribution >= 4 is 16.9 Å². The van der Waals surface area contributed by atoms with Crippen molar-refractivity contribution < 1.29 is 0 Å². The number of likely N-dealkylation sites (N-methyl/N-ethyl adjacent to an activating group) is 1. The molecule has 1 aliphatic heterocycles. The third-order valence-corrected chi connectivity index (χ3v) is 4.95. The molecule has 2 aromatic rings. The Morgan fingerprint density at radius 1 is 1.08 bits per heavy atom. The summed E-state index contributed by atoms with van der Waals surface area (Å²) in [4.78, 5) is 10.7. The highest BCUT2D eigenvalue weighted by Gasteiger charge is 2.21. The fourth-order valence-corrected chi connectivity index (χ4v) is 3.53. The van der Waals surface area contributed by atoms with E-state index in [1.807, 2.05) is 20.8 Å². The van der Waals surface area contributed by atoms with Crippen LogP contribution in [0.2, 0.25) is 0 Å². The molecule has 0 radical (unpaired) electrons. The predicted molar refractivity (Wildman–Crippen MR) is 108 cm³/mol. The van der Waals surface area contributed by atoms with Crippen LogP contribution in [-0.4, -0.2) is 57.9 Å². The number of nitrogens with two attached hydrogens (primary N) is 1. The zero-order valence-corrected chi connectivity index (χ0v) is 16.8. The second-order valence-electron chi connectivity index (χ2n) is 6.83. The lowest BCUT2D eigenvalue weighted by Crippen LogP contribution is -2.40. The summed E-state index contributed by atoms with van der Waals surface area (Å²) in [5, 5.41) is 8.80. The van der Waals surface area contributed by atoms with Crippen LogP contribution in [0.25, 0.3) is 11.0 Å². The molecular weight excluding hydrogens is 326 g/mol. The molecule has 2 fully saturated rings. The van der Waals surface area contributed by atoms with Crippen molar-refractivity contribution in [3.8, 4) is 0 Å². The number of rotatable bonds is 1. The molecule has 0 atom stereocenters. The number of hydrogen-bond donors (Lipinski definition) is 2. The fraction of sp³-hybridized carbons (Fsp3) is 0.737. The monoisotopic (exact) mass is 361 g/mol. The Kier molecular flexibility index (Phi) is 8.25. The smallest absolute Gasteiger partial charge is 0.163 e. The van der Waals surface area contributed by atoms with Crippen molar-refractivity contribution in [3.63, 3.8) is 0 Å². The summed E-state index contributed by atoms with van der Waals surface area (Å²) >= 11 is 0. The summed E-state index contributed by atoms with van der Waals surface area (Å²) in [5.41, 5.74) is 7.72. The van der Waals surface area contributed by atoms with E-state index in [-0.39, 0.29) is 0 Å². The van der Waals surface area contributed by atoms with Gasteiger partial charge in [0.15, 0.2) is 5.65 Å². The zero-order chi connectivity index (χ0) is 18.9. The Labute approximate surface area is 157 Å². The first-order valence-electron chi connectivity index (χ1n) is 10.0. The Bertz CT molecular complexity index is 655.